The lowest BCUT2D eigenvalue weighted by Crippen LogP contribution is -2.43. The van der Waals surface area contributed by atoms with Gasteiger partial charge in [-0.1, -0.05) is 34.1 Å². The number of hydrogen-bond donors (Lipinski definition) is 0. The molecule has 4 heteroatoms. The minimum Gasteiger partial charge on any atom is -0.342 e. The molecular weight excluding hydrogens is 328 g/mol. The summed E-state index contributed by atoms with van der Waals surface area (Å²) in [6.45, 7) is 4.89. The predicted octanol–water partition coefficient (Wildman–Crippen LogP) is 3.28. The Morgan fingerprint density at radius 1 is 1.14 bits per heavy atom. The van der Waals surface area contributed by atoms with E-state index < -0.39 is 0 Å². The van der Waals surface area contributed by atoms with E-state index in [1.165, 1.54) is 18.4 Å². The van der Waals surface area contributed by atoms with E-state index in [0.29, 0.717) is 5.91 Å². The van der Waals surface area contributed by atoms with Crippen molar-refractivity contribution in [1.29, 1.82) is 0 Å². The van der Waals surface area contributed by atoms with E-state index in [9.17, 15) is 4.79 Å². The average Bonchev–Trinajstić information content (AvgIpc) is 3.03. The van der Waals surface area contributed by atoms with Gasteiger partial charge in [-0.25, -0.2) is 0 Å². The molecule has 2 fully saturated rings. The number of benzene rings is 1. The lowest BCUT2D eigenvalue weighted by atomic mass is 9.96. The summed E-state index contributed by atoms with van der Waals surface area (Å²) in [6, 6.07) is 8.38. The van der Waals surface area contributed by atoms with Crippen LogP contribution in [0.15, 0.2) is 28.7 Å². The fraction of sp³-hybridized carbons (Fsp3) is 0.588. The van der Waals surface area contributed by atoms with Crippen LogP contribution < -0.4 is 0 Å². The Balaban J connectivity index is 1.60. The summed E-state index contributed by atoms with van der Waals surface area (Å²) >= 11 is 3.62. The van der Waals surface area contributed by atoms with Gasteiger partial charge >= 0.3 is 0 Å². The molecule has 0 saturated carbocycles. The Morgan fingerprint density at radius 3 is 2.67 bits per heavy atom. The first kappa shape index (κ1) is 15.0. The molecule has 0 spiro atoms. The molecule has 1 aromatic rings. The zero-order valence-electron chi connectivity index (χ0n) is 12.4. The van der Waals surface area contributed by atoms with Gasteiger partial charge in [0.15, 0.2) is 0 Å². The van der Waals surface area contributed by atoms with Gasteiger partial charge in [0.2, 0.25) is 5.91 Å². The van der Waals surface area contributed by atoms with E-state index in [2.05, 4.69) is 43.9 Å². The molecule has 1 atom stereocenters. The second kappa shape index (κ2) is 6.93. The molecule has 0 aliphatic carbocycles. The topological polar surface area (TPSA) is 23.6 Å². The van der Waals surface area contributed by atoms with Crippen LogP contribution in [-0.2, 0) is 11.3 Å². The standard InChI is InChI=1S/C17H23BrN2O/c18-16-8-2-1-6-14(16)12-19-9-5-7-15(13-19)17(21)20-10-3-4-11-20/h1-2,6,8,15H,3-5,7,9-13H2. The number of hydrogen-bond acceptors (Lipinski definition) is 2. The molecule has 0 radical (unpaired) electrons. The summed E-state index contributed by atoms with van der Waals surface area (Å²) in [5.41, 5.74) is 1.31. The number of piperidine rings is 1. The molecule has 2 aliphatic heterocycles. The summed E-state index contributed by atoms with van der Waals surface area (Å²) in [5.74, 6) is 0.601. The largest absolute Gasteiger partial charge is 0.342 e. The van der Waals surface area contributed by atoms with Crippen molar-refractivity contribution in [3.63, 3.8) is 0 Å². The van der Waals surface area contributed by atoms with E-state index in [-0.39, 0.29) is 5.92 Å². The molecule has 2 heterocycles. The lowest BCUT2D eigenvalue weighted by molar-refractivity contribution is -0.136. The van der Waals surface area contributed by atoms with Crippen LogP contribution in [0.4, 0.5) is 0 Å². The van der Waals surface area contributed by atoms with Crippen LogP contribution in [0, 0.1) is 5.92 Å². The van der Waals surface area contributed by atoms with E-state index >= 15 is 0 Å². The zero-order chi connectivity index (χ0) is 14.7. The molecule has 1 aromatic carbocycles. The number of nitrogens with zero attached hydrogens (tertiary/aromatic N) is 2. The maximum Gasteiger partial charge on any atom is 0.226 e. The molecule has 3 nitrogen and oxygen atoms in total. The second-order valence-corrected chi connectivity index (χ2v) is 7.05. The summed E-state index contributed by atoms with van der Waals surface area (Å²) in [7, 11) is 0. The minimum absolute atomic E-state index is 0.208. The van der Waals surface area contributed by atoms with Crippen LogP contribution >= 0.6 is 15.9 Å². The molecule has 0 N–H and O–H groups in total. The third-order valence-corrected chi connectivity index (χ3v) is 5.40. The minimum atomic E-state index is 0.208. The van der Waals surface area contributed by atoms with Gasteiger partial charge in [0.05, 0.1) is 5.92 Å². The van der Waals surface area contributed by atoms with Crippen molar-refractivity contribution >= 4 is 21.8 Å². The third-order valence-electron chi connectivity index (χ3n) is 4.62. The van der Waals surface area contributed by atoms with Gasteiger partial charge in [-0.15, -0.1) is 0 Å². The second-order valence-electron chi connectivity index (χ2n) is 6.20. The van der Waals surface area contributed by atoms with Gasteiger partial charge in [0.1, 0.15) is 0 Å². The van der Waals surface area contributed by atoms with Crippen molar-refractivity contribution in [2.45, 2.75) is 32.2 Å². The molecule has 3 rings (SSSR count). The molecule has 0 aromatic heterocycles. The van der Waals surface area contributed by atoms with Crippen LogP contribution in [0.25, 0.3) is 0 Å². The highest BCUT2D eigenvalue weighted by Crippen LogP contribution is 2.24. The Labute approximate surface area is 135 Å². The molecule has 2 saturated heterocycles. The quantitative estimate of drug-likeness (QED) is 0.834. The van der Waals surface area contributed by atoms with Crippen LogP contribution in [0.1, 0.15) is 31.2 Å². The van der Waals surface area contributed by atoms with Crippen LogP contribution in [-0.4, -0.2) is 41.9 Å². The highest BCUT2D eigenvalue weighted by Gasteiger charge is 2.30. The van der Waals surface area contributed by atoms with Crippen molar-refractivity contribution in [2.24, 2.45) is 5.92 Å². The molecule has 114 valence electrons. The normalized spacial score (nSPS) is 23.5. The van der Waals surface area contributed by atoms with Gasteiger partial charge in [0.25, 0.3) is 0 Å². The fourth-order valence-electron chi connectivity index (χ4n) is 3.46. The molecule has 1 amide bonds. The van der Waals surface area contributed by atoms with Gasteiger partial charge in [-0.2, -0.15) is 0 Å². The maximum atomic E-state index is 12.6. The SMILES string of the molecule is O=C(C1CCCN(Cc2ccccc2Br)C1)N1CCCC1. The fourth-order valence-corrected chi connectivity index (χ4v) is 3.87. The van der Waals surface area contributed by atoms with E-state index in [0.717, 1.165) is 50.0 Å². The van der Waals surface area contributed by atoms with Crippen molar-refractivity contribution in [3.8, 4) is 0 Å². The van der Waals surface area contributed by atoms with Crippen LogP contribution in [0.5, 0.6) is 0 Å². The first-order valence-corrected chi connectivity index (χ1v) is 8.78. The number of halogens is 1. The summed E-state index contributed by atoms with van der Waals surface area (Å²) in [5, 5.41) is 0. The number of amides is 1. The van der Waals surface area contributed by atoms with E-state index in [1.54, 1.807) is 0 Å². The number of likely N-dealkylation sites (tertiary alicyclic amines) is 2. The molecule has 21 heavy (non-hydrogen) atoms. The molecular formula is C17H23BrN2O. The van der Waals surface area contributed by atoms with Crippen LogP contribution in [0.3, 0.4) is 0 Å². The van der Waals surface area contributed by atoms with Gasteiger partial charge < -0.3 is 4.90 Å². The zero-order valence-corrected chi connectivity index (χ0v) is 14.0. The number of carbonyl (C=O) groups is 1. The predicted molar refractivity (Wildman–Crippen MR) is 88.0 cm³/mol. The van der Waals surface area contributed by atoms with E-state index in [1.807, 2.05) is 6.07 Å². The van der Waals surface area contributed by atoms with Crippen LogP contribution in [0.2, 0.25) is 0 Å². The summed E-state index contributed by atoms with van der Waals surface area (Å²) < 4.78 is 1.16. The third kappa shape index (κ3) is 3.67. The van der Waals surface area contributed by atoms with Crippen molar-refractivity contribution in [1.82, 2.24) is 9.80 Å². The van der Waals surface area contributed by atoms with Gasteiger partial charge in [-0.05, 0) is 43.9 Å². The van der Waals surface area contributed by atoms with Gasteiger partial charge in [0, 0.05) is 30.7 Å². The molecule has 0 bridgehead atoms. The van der Waals surface area contributed by atoms with Crippen molar-refractivity contribution in [2.75, 3.05) is 26.2 Å². The average molecular weight is 351 g/mol. The monoisotopic (exact) mass is 350 g/mol. The summed E-state index contributed by atoms with van der Waals surface area (Å²) in [6.07, 6.45) is 4.55. The molecule has 1 unspecified atom stereocenters. The number of carbonyl (C=O) groups excluding carboxylic acids is 1. The molecule has 2 aliphatic rings. The Bertz CT molecular complexity index is 499. The first-order chi connectivity index (χ1) is 10.2. The van der Waals surface area contributed by atoms with E-state index in [4.69, 9.17) is 0 Å². The highest BCUT2D eigenvalue weighted by molar-refractivity contribution is 9.10. The lowest BCUT2D eigenvalue weighted by Gasteiger charge is -2.34. The Hall–Kier alpha value is -0.870. The smallest absolute Gasteiger partial charge is 0.226 e. The highest BCUT2D eigenvalue weighted by atomic mass is 79.9. The summed E-state index contributed by atoms with van der Waals surface area (Å²) in [4.78, 5) is 17.1. The van der Waals surface area contributed by atoms with Gasteiger partial charge in [-0.3, -0.25) is 9.69 Å². The Kier molecular flexibility index (Phi) is 4.96. The Morgan fingerprint density at radius 2 is 1.90 bits per heavy atom. The first-order valence-electron chi connectivity index (χ1n) is 7.98. The van der Waals surface area contributed by atoms with Crippen molar-refractivity contribution < 1.29 is 4.79 Å². The number of rotatable bonds is 3. The van der Waals surface area contributed by atoms with Crippen molar-refractivity contribution in [3.05, 3.63) is 34.3 Å². The maximum absolute atomic E-state index is 12.6.